The Morgan fingerprint density at radius 1 is 0.559 bits per heavy atom. The van der Waals surface area contributed by atoms with Crippen LogP contribution >= 0.6 is 0 Å². The molecular weight excluding hydrogens is 761 g/mol. The van der Waals surface area contributed by atoms with E-state index in [1.54, 1.807) is 20.8 Å². The van der Waals surface area contributed by atoms with Gasteiger partial charge in [-0.15, -0.1) is 0 Å². The Hall–Kier alpha value is -4.89. The van der Waals surface area contributed by atoms with E-state index >= 15 is 0 Å². The van der Waals surface area contributed by atoms with Crippen molar-refractivity contribution < 1.29 is 48.1 Å². The second kappa shape index (κ2) is 26.3. The smallest absolute Gasteiger partial charge is 0.408 e. The Morgan fingerprint density at radius 2 is 0.966 bits per heavy atom. The van der Waals surface area contributed by atoms with Crippen LogP contribution in [-0.4, -0.2) is 89.2 Å². The number of benzene rings is 1. The van der Waals surface area contributed by atoms with Crippen LogP contribution in [-0.2, 0) is 40.1 Å². The molecule has 0 radical (unpaired) electrons. The third-order valence-corrected chi connectivity index (χ3v) is 8.75. The van der Waals surface area contributed by atoms with E-state index in [0.717, 1.165) is 5.56 Å². The molecule has 5 atom stereocenters. The van der Waals surface area contributed by atoms with Gasteiger partial charge in [-0.1, -0.05) is 85.7 Å². The lowest BCUT2D eigenvalue weighted by Crippen LogP contribution is -2.59. The number of carbonyl (C=O) groups is 7. The summed E-state index contributed by atoms with van der Waals surface area (Å²) in [7, 11) is 0. The van der Waals surface area contributed by atoms with Gasteiger partial charge in [0.1, 0.15) is 42.4 Å². The van der Waals surface area contributed by atoms with E-state index in [1.807, 2.05) is 85.7 Å². The molecule has 334 valence electrons. The SMILES string of the molecule is CC(C)C[C@H](NC(=O)[C@H](CC(C)C)NC(=O)[C@H](CCCCNC(=O)OCc1ccccc1)NC(=O)[C@H](CC(C)C)NC(=O)[C@H](CC(C)C)NC(=O)OC(C)(C)C)C(=O)O. The van der Waals surface area contributed by atoms with Crippen molar-refractivity contribution in [3.63, 3.8) is 0 Å². The summed E-state index contributed by atoms with van der Waals surface area (Å²) in [5.74, 6) is -3.95. The van der Waals surface area contributed by atoms with E-state index in [-0.39, 0.29) is 68.9 Å². The molecule has 1 aromatic rings. The van der Waals surface area contributed by atoms with Crippen molar-refractivity contribution in [1.82, 2.24) is 31.9 Å². The second-order valence-electron chi connectivity index (χ2n) is 17.8. The summed E-state index contributed by atoms with van der Waals surface area (Å²) in [5, 5.41) is 25.9. The van der Waals surface area contributed by atoms with Gasteiger partial charge in [-0.3, -0.25) is 19.2 Å². The van der Waals surface area contributed by atoms with Crippen LogP contribution in [0.25, 0.3) is 0 Å². The molecule has 0 fully saturated rings. The summed E-state index contributed by atoms with van der Waals surface area (Å²) in [5.41, 5.74) is 0.0260. The largest absolute Gasteiger partial charge is 0.480 e. The van der Waals surface area contributed by atoms with Crippen LogP contribution in [0.4, 0.5) is 9.59 Å². The van der Waals surface area contributed by atoms with Crippen molar-refractivity contribution in [3.05, 3.63) is 35.9 Å². The lowest BCUT2D eigenvalue weighted by atomic mass is 9.99. The minimum atomic E-state index is -1.19. The van der Waals surface area contributed by atoms with Crippen molar-refractivity contribution in [2.24, 2.45) is 23.7 Å². The van der Waals surface area contributed by atoms with Gasteiger partial charge in [0.25, 0.3) is 0 Å². The summed E-state index contributed by atoms with van der Waals surface area (Å²) >= 11 is 0. The molecule has 0 spiro atoms. The van der Waals surface area contributed by atoms with Gasteiger partial charge >= 0.3 is 18.2 Å². The zero-order chi connectivity index (χ0) is 44.9. The number of amides is 6. The van der Waals surface area contributed by atoms with Gasteiger partial charge in [-0.25, -0.2) is 14.4 Å². The van der Waals surface area contributed by atoms with E-state index in [9.17, 15) is 38.7 Å². The van der Waals surface area contributed by atoms with E-state index in [2.05, 4.69) is 31.9 Å². The maximum atomic E-state index is 14.0. The highest BCUT2D eigenvalue weighted by Gasteiger charge is 2.34. The molecule has 0 unspecified atom stereocenters. The molecule has 0 aromatic heterocycles. The highest BCUT2D eigenvalue weighted by molar-refractivity contribution is 5.95. The number of unbranched alkanes of at least 4 members (excludes halogenated alkanes) is 1. The molecule has 0 aliphatic carbocycles. The van der Waals surface area contributed by atoms with E-state index in [0.29, 0.717) is 12.8 Å². The predicted octanol–water partition coefficient (Wildman–Crippen LogP) is 5.18. The molecule has 0 heterocycles. The van der Waals surface area contributed by atoms with E-state index in [4.69, 9.17) is 9.47 Å². The summed E-state index contributed by atoms with van der Waals surface area (Å²) in [4.78, 5) is 92.2. The molecule has 0 aliphatic heterocycles. The van der Waals surface area contributed by atoms with Crippen LogP contribution in [0, 0.1) is 23.7 Å². The first-order valence-corrected chi connectivity index (χ1v) is 20.9. The Kier molecular flexibility index (Phi) is 23.2. The van der Waals surface area contributed by atoms with Crippen LogP contribution in [0.1, 0.15) is 127 Å². The fourth-order valence-corrected chi connectivity index (χ4v) is 6.05. The van der Waals surface area contributed by atoms with Gasteiger partial charge < -0.3 is 46.5 Å². The van der Waals surface area contributed by atoms with Crippen LogP contribution in [0.2, 0.25) is 0 Å². The average Bonchev–Trinajstić information content (AvgIpc) is 3.10. The second-order valence-corrected chi connectivity index (χ2v) is 17.8. The van der Waals surface area contributed by atoms with Gasteiger partial charge in [0.05, 0.1) is 0 Å². The first-order valence-electron chi connectivity index (χ1n) is 20.9. The fraction of sp³-hybridized carbons (Fsp3) is 0.698. The molecule has 0 aliphatic rings. The van der Waals surface area contributed by atoms with Crippen LogP contribution in [0.15, 0.2) is 30.3 Å². The summed E-state index contributed by atoms with van der Waals surface area (Å²) < 4.78 is 10.6. The number of carboxylic acids is 1. The first kappa shape index (κ1) is 52.1. The Morgan fingerprint density at radius 3 is 1.41 bits per heavy atom. The number of aliphatic carboxylic acids is 1. The lowest BCUT2D eigenvalue weighted by Gasteiger charge is -2.28. The van der Waals surface area contributed by atoms with Gasteiger partial charge in [0, 0.05) is 6.54 Å². The predicted molar refractivity (Wildman–Crippen MR) is 225 cm³/mol. The van der Waals surface area contributed by atoms with Crippen molar-refractivity contribution >= 4 is 41.8 Å². The highest BCUT2D eigenvalue weighted by Crippen LogP contribution is 2.14. The fourth-order valence-electron chi connectivity index (χ4n) is 6.05. The standard InChI is InChI=1S/C43H72N6O10/c1-26(2)21-32(47-39(53)34(23-28(5)6)49-42(57)59-43(9,10)11)37(51)45-31(19-15-16-20-44-41(56)58-25-30-17-13-12-14-18-30)36(50)46-33(22-27(3)4)38(52)48-35(40(54)55)24-29(7)8/h12-14,17-18,26-29,31-35H,15-16,19-25H2,1-11H3,(H,44,56)(H,45,51)(H,46,50)(H,47,53)(H,48,52)(H,49,57)(H,54,55)/t31-,32-,33-,34-,35-/m0/s1. The van der Waals surface area contributed by atoms with Crippen LogP contribution in [0.3, 0.4) is 0 Å². The molecule has 16 heteroatoms. The Balaban J connectivity index is 3.29. The number of rotatable bonds is 25. The average molecular weight is 833 g/mol. The molecule has 0 bridgehead atoms. The number of carbonyl (C=O) groups excluding carboxylic acids is 6. The zero-order valence-corrected chi connectivity index (χ0v) is 37.1. The van der Waals surface area contributed by atoms with Crippen LogP contribution < -0.4 is 31.9 Å². The molecule has 1 rings (SSSR count). The third kappa shape index (κ3) is 23.3. The van der Waals surface area contributed by atoms with Gasteiger partial charge in [0.2, 0.25) is 23.6 Å². The number of ether oxygens (including phenoxy) is 2. The lowest BCUT2D eigenvalue weighted by molar-refractivity contribution is -0.143. The van der Waals surface area contributed by atoms with Crippen molar-refractivity contribution in [3.8, 4) is 0 Å². The van der Waals surface area contributed by atoms with E-state index < -0.39 is 77.6 Å². The van der Waals surface area contributed by atoms with Crippen LogP contribution in [0.5, 0.6) is 0 Å². The summed E-state index contributed by atoms with van der Waals surface area (Å²) in [6.45, 7) is 20.3. The van der Waals surface area contributed by atoms with Gasteiger partial charge in [-0.05, 0) is 95.0 Å². The number of nitrogens with one attached hydrogen (secondary N) is 6. The minimum Gasteiger partial charge on any atom is -0.480 e. The Bertz CT molecular complexity index is 1500. The van der Waals surface area contributed by atoms with Gasteiger partial charge in [-0.2, -0.15) is 0 Å². The Labute approximate surface area is 350 Å². The minimum absolute atomic E-state index is 0.00141. The summed E-state index contributed by atoms with van der Waals surface area (Å²) in [6.07, 6.45) is 0.303. The number of hydrogen-bond donors (Lipinski definition) is 7. The maximum Gasteiger partial charge on any atom is 0.408 e. The monoisotopic (exact) mass is 833 g/mol. The zero-order valence-electron chi connectivity index (χ0n) is 37.1. The molecule has 16 nitrogen and oxygen atoms in total. The highest BCUT2D eigenvalue weighted by atomic mass is 16.6. The molecular formula is C43H72N6O10. The quantitative estimate of drug-likeness (QED) is 0.0638. The first-order chi connectivity index (χ1) is 27.5. The van der Waals surface area contributed by atoms with Crippen molar-refractivity contribution in [2.75, 3.05) is 6.54 Å². The molecule has 7 N–H and O–H groups in total. The third-order valence-electron chi connectivity index (χ3n) is 8.75. The van der Waals surface area contributed by atoms with E-state index in [1.165, 1.54) is 0 Å². The molecule has 0 saturated carbocycles. The van der Waals surface area contributed by atoms with Crippen molar-refractivity contribution in [2.45, 2.75) is 164 Å². The maximum absolute atomic E-state index is 14.0. The number of alkyl carbamates (subject to hydrolysis) is 2. The van der Waals surface area contributed by atoms with Crippen molar-refractivity contribution in [1.29, 1.82) is 0 Å². The molecule has 0 saturated heterocycles. The molecule has 1 aromatic carbocycles. The molecule has 6 amide bonds. The normalized spacial score (nSPS) is 14.1. The number of hydrogen-bond acceptors (Lipinski definition) is 9. The number of carboxylic acid groups (broad SMARTS) is 1. The molecule has 59 heavy (non-hydrogen) atoms. The summed E-state index contributed by atoms with van der Waals surface area (Å²) in [6, 6.07) is 3.63. The van der Waals surface area contributed by atoms with Gasteiger partial charge in [0.15, 0.2) is 0 Å². The topological polar surface area (TPSA) is 230 Å².